The summed E-state index contributed by atoms with van der Waals surface area (Å²) in [5, 5.41) is 39.0. The number of benzene rings is 1. The minimum Gasteiger partial charge on any atom is -0.508 e. The molecule has 2 fully saturated rings. The number of aliphatic hydroxyl groups is 2. The number of rotatable bonds is 10. The number of ether oxygens (including phenoxy) is 5. The predicted octanol–water partition coefficient (Wildman–Crippen LogP) is 6.15. The molecule has 2 bridgehead atoms. The molecule has 5 N–H and O–H groups in total. The van der Waals surface area contributed by atoms with Crippen LogP contribution in [0.5, 0.6) is 5.75 Å². The van der Waals surface area contributed by atoms with Crippen LogP contribution in [-0.4, -0.2) is 99.3 Å². The molecular weight excluding hydrogens is 795 g/mol. The number of allylic oxidation sites excluding steroid dienone is 4. The molecule has 8 unspecified atom stereocenters. The van der Waals surface area contributed by atoms with Gasteiger partial charge in [-0.05, 0) is 81.7 Å². The second kappa shape index (κ2) is 17.8. The van der Waals surface area contributed by atoms with Crippen molar-refractivity contribution in [1.29, 1.82) is 0 Å². The van der Waals surface area contributed by atoms with Gasteiger partial charge < -0.3 is 44.0 Å². The number of fused-ring (bicyclic) bond motifs is 5. The summed E-state index contributed by atoms with van der Waals surface area (Å²) in [6.07, 6.45) is -2.61. The fraction of sp³-hybridized carbons (Fsp3) is 0.500. The number of carbonyl (C=O) groups excluding carboxylic acids is 3. The fourth-order valence-electron chi connectivity index (χ4n) is 8.94. The number of Topliss-reactive ketones (excluding diaryl/α,β-unsaturated/α-hetero) is 2. The molecule has 328 valence electrons. The molecule has 4 aliphatic rings. The lowest BCUT2D eigenvalue weighted by atomic mass is 9.70. The lowest BCUT2D eigenvalue weighted by Gasteiger charge is -2.50. The molecule has 2 saturated heterocycles. The summed E-state index contributed by atoms with van der Waals surface area (Å²) < 4.78 is 31.3. The number of aromatic amines is 1. The van der Waals surface area contributed by atoms with Gasteiger partial charge in [-0.2, -0.15) is 0 Å². The lowest BCUT2D eigenvalue weighted by molar-refractivity contribution is -0.339. The Morgan fingerprint density at radius 3 is 2.66 bits per heavy atom. The number of aromatic nitrogens is 2. The second-order valence-corrected chi connectivity index (χ2v) is 17.4. The van der Waals surface area contributed by atoms with Crippen LogP contribution >= 0.6 is 0 Å². The molecule has 0 spiro atoms. The molecule has 0 radical (unpaired) electrons. The summed E-state index contributed by atoms with van der Waals surface area (Å²) >= 11 is 0. The van der Waals surface area contributed by atoms with Gasteiger partial charge in [-0.3, -0.25) is 19.9 Å². The summed E-state index contributed by atoms with van der Waals surface area (Å²) in [5.74, 6) is 11.6. The molecule has 7 rings (SSSR count). The van der Waals surface area contributed by atoms with E-state index < -0.39 is 72.1 Å². The Bertz CT molecular complexity index is 2500. The smallest absolute Gasteiger partial charge is 0.411 e. The highest BCUT2D eigenvalue weighted by Gasteiger charge is 2.59. The van der Waals surface area contributed by atoms with Crippen molar-refractivity contribution in [2.24, 2.45) is 23.2 Å². The number of phenols is 1. The van der Waals surface area contributed by atoms with E-state index in [1.54, 1.807) is 57.2 Å². The SMILES string of the molecule is CC/C=C1\C2=C(NC(=O)OC)C(=O)C[C@@]1(O)C#C/C(C)=C\C#C[C@@H]2OC1OC(C)C(C)(C(=O)c2nccc3c2[nH]c2ccc(O)cc23)C(O)C1OC1CC(C)C(CC(C)C)CO1. The van der Waals surface area contributed by atoms with E-state index in [0.29, 0.717) is 52.7 Å². The highest BCUT2D eigenvalue weighted by molar-refractivity contribution is 6.16. The number of ketones is 2. The van der Waals surface area contributed by atoms with Gasteiger partial charge in [0.1, 0.15) is 29.8 Å². The van der Waals surface area contributed by atoms with Crippen molar-refractivity contribution < 1.29 is 53.4 Å². The molecule has 2 aromatic heterocycles. The number of nitrogens with one attached hydrogen (secondary N) is 2. The number of hydrogen-bond acceptors (Lipinski definition) is 12. The van der Waals surface area contributed by atoms with E-state index in [9.17, 15) is 24.9 Å². The Balaban J connectivity index is 1.33. The van der Waals surface area contributed by atoms with Gasteiger partial charge in [0.15, 0.2) is 29.7 Å². The molecule has 0 saturated carbocycles. The van der Waals surface area contributed by atoms with Gasteiger partial charge in [0.05, 0.1) is 42.9 Å². The van der Waals surface area contributed by atoms with E-state index in [0.717, 1.165) is 13.5 Å². The third kappa shape index (κ3) is 8.43. The Kier molecular flexibility index (Phi) is 12.8. The van der Waals surface area contributed by atoms with Gasteiger partial charge in [0.25, 0.3) is 0 Å². The first-order valence-corrected chi connectivity index (χ1v) is 21.2. The number of aliphatic hydroxyl groups excluding tert-OH is 1. The van der Waals surface area contributed by atoms with Gasteiger partial charge in [-0.1, -0.05) is 57.5 Å². The van der Waals surface area contributed by atoms with Crippen LogP contribution < -0.4 is 5.32 Å². The number of alkyl carbamates (subject to hydrolysis) is 1. The molecule has 2 aliphatic heterocycles. The average Bonchev–Trinajstić information content (AvgIpc) is 3.60. The van der Waals surface area contributed by atoms with Gasteiger partial charge in [0, 0.05) is 45.6 Å². The maximum absolute atomic E-state index is 15.0. The van der Waals surface area contributed by atoms with E-state index >= 15 is 4.79 Å². The topological polar surface area (TPSA) is 199 Å². The van der Waals surface area contributed by atoms with Crippen molar-refractivity contribution >= 4 is 39.5 Å². The standard InChI is InChI=1S/C48H55N3O11/c1-9-11-33-38-36(13-10-12-26(4)16-18-48(33,57)23-35(53)40(38)51-46(56)58-8)61-45-42(62-37-21-27(5)29(24-59-37)20-25(2)3)44(55)47(7,28(6)60-45)43(54)41-39-31(17-19-49-41)32-22-30(52)14-15-34(32)50-39/h11-12,14-15,17,19,22,25,27-29,36-37,42,44-45,50,52,55,57H,9,20-21,23-24H2,1-8H3,(H,51,56)/b26-12-,33-11+/t27?,28?,29?,36-,37?,42?,44?,45?,47?,48-/m0/s1. The third-order valence-corrected chi connectivity index (χ3v) is 12.6. The van der Waals surface area contributed by atoms with Crippen LogP contribution in [0.4, 0.5) is 4.79 Å². The monoisotopic (exact) mass is 849 g/mol. The van der Waals surface area contributed by atoms with E-state index in [-0.39, 0.29) is 40.1 Å². The zero-order valence-electron chi connectivity index (χ0n) is 36.3. The van der Waals surface area contributed by atoms with E-state index in [2.05, 4.69) is 59.7 Å². The van der Waals surface area contributed by atoms with Crippen molar-refractivity contribution in [2.75, 3.05) is 13.7 Å². The van der Waals surface area contributed by atoms with Crippen LogP contribution in [0.25, 0.3) is 21.8 Å². The molecule has 3 aromatic rings. The largest absolute Gasteiger partial charge is 0.508 e. The van der Waals surface area contributed by atoms with Crippen molar-refractivity contribution in [1.82, 2.24) is 15.3 Å². The van der Waals surface area contributed by atoms with E-state index in [4.69, 9.17) is 23.7 Å². The number of H-pyrrole nitrogens is 1. The molecule has 2 aliphatic carbocycles. The van der Waals surface area contributed by atoms with Crippen molar-refractivity contribution in [3.8, 4) is 29.4 Å². The number of methoxy groups -OCH3 is 1. The van der Waals surface area contributed by atoms with Crippen molar-refractivity contribution in [3.63, 3.8) is 0 Å². The molecule has 1 amide bonds. The molecule has 4 heterocycles. The molecule has 1 aromatic carbocycles. The number of aromatic hydroxyl groups is 1. The number of pyridine rings is 1. The normalized spacial score (nSPS) is 32.7. The maximum atomic E-state index is 15.0. The Morgan fingerprint density at radius 2 is 1.95 bits per heavy atom. The van der Waals surface area contributed by atoms with Gasteiger partial charge in [-0.15, -0.1) is 0 Å². The summed E-state index contributed by atoms with van der Waals surface area (Å²) in [6, 6.07) is 6.59. The number of hydrogen-bond donors (Lipinski definition) is 5. The van der Waals surface area contributed by atoms with Crippen LogP contribution in [-0.2, 0) is 28.5 Å². The summed E-state index contributed by atoms with van der Waals surface area (Å²) in [4.78, 5) is 49.5. The Morgan fingerprint density at radius 1 is 1.18 bits per heavy atom. The minimum atomic E-state index is -1.99. The fourth-order valence-corrected chi connectivity index (χ4v) is 8.94. The Labute approximate surface area is 361 Å². The number of carbonyl (C=O) groups is 3. The zero-order chi connectivity index (χ0) is 44.7. The quantitative estimate of drug-likeness (QED) is 0.115. The number of phenolic OH excluding ortho intramolecular Hbond substituents is 1. The zero-order valence-corrected chi connectivity index (χ0v) is 36.3. The summed E-state index contributed by atoms with van der Waals surface area (Å²) in [7, 11) is 1.16. The third-order valence-electron chi connectivity index (χ3n) is 12.6. The maximum Gasteiger partial charge on any atom is 0.411 e. The van der Waals surface area contributed by atoms with Crippen LogP contribution in [0.1, 0.15) is 84.6 Å². The van der Waals surface area contributed by atoms with Crippen LogP contribution in [0.15, 0.2) is 65.0 Å². The highest BCUT2D eigenvalue weighted by atomic mass is 16.7. The minimum absolute atomic E-state index is 0.0273. The molecule has 10 atom stereocenters. The molecular formula is C48H55N3O11. The molecule has 14 nitrogen and oxygen atoms in total. The molecule has 62 heavy (non-hydrogen) atoms. The van der Waals surface area contributed by atoms with Crippen LogP contribution in [0.3, 0.4) is 0 Å². The lowest BCUT2D eigenvalue weighted by Crippen LogP contribution is -2.65. The molecule has 14 heteroatoms. The van der Waals surface area contributed by atoms with E-state index in [1.165, 1.54) is 6.20 Å². The number of amides is 1. The number of nitrogens with zero attached hydrogens (tertiary/aromatic N) is 1. The predicted molar refractivity (Wildman–Crippen MR) is 229 cm³/mol. The van der Waals surface area contributed by atoms with Crippen LogP contribution in [0.2, 0.25) is 0 Å². The van der Waals surface area contributed by atoms with Crippen molar-refractivity contribution in [2.45, 2.75) is 117 Å². The van der Waals surface area contributed by atoms with E-state index in [1.807, 2.05) is 6.92 Å². The first-order chi connectivity index (χ1) is 29.5. The van der Waals surface area contributed by atoms with Gasteiger partial charge >= 0.3 is 6.09 Å². The average molecular weight is 850 g/mol. The van der Waals surface area contributed by atoms with Crippen LogP contribution in [0, 0.1) is 46.9 Å². The second-order valence-electron chi connectivity index (χ2n) is 17.4. The first-order valence-electron chi connectivity index (χ1n) is 21.2. The summed E-state index contributed by atoms with van der Waals surface area (Å²) in [6.45, 7) is 13.7. The van der Waals surface area contributed by atoms with Crippen molar-refractivity contribution in [3.05, 3.63) is 70.7 Å². The van der Waals surface area contributed by atoms with Gasteiger partial charge in [0.2, 0.25) is 0 Å². The van der Waals surface area contributed by atoms with Gasteiger partial charge in [-0.25, -0.2) is 4.79 Å². The summed E-state index contributed by atoms with van der Waals surface area (Å²) in [5.41, 5.74) is -2.02. The first kappa shape index (κ1) is 44.7. The Hall–Kier alpha value is -5.32. The highest BCUT2D eigenvalue weighted by Crippen LogP contribution is 2.45.